The summed E-state index contributed by atoms with van der Waals surface area (Å²) in [4.78, 5) is 12.3. The van der Waals surface area contributed by atoms with Gasteiger partial charge in [0.1, 0.15) is 10.1 Å². The van der Waals surface area contributed by atoms with Crippen LogP contribution >= 0.6 is 0 Å². The molecule has 0 aliphatic heterocycles. The first-order chi connectivity index (χ1) is 10.8. The van der Waals surface area contributed by atoms with E-state index in [4.69, 9.17) is 4.74 Å². The zero-order chi connectivity index (χ0) is 17.0. The molecule has 0 heterocycles. The minimum atomic E-state index is -4.70. The Kier molecular flexibility index (Phi) is 7.44. The third-order valence-corrected chi connectivity index (χ3v) is 4.53. The molecule has 6 nitrogen and oxygen atoms in total. The van der Waals surface area contributed by atoms with Gasteiger partial charge in [-0.25, -0.2) is 8.42 Å². The number of phenols is 1. The number of ketones is 1. The quantitative estimate of drug-likeness (QED) is 0.415. The first-order valence-corrected chi connectivity index (χ1v) is 8.20. The molecule has 0 amide bonds. The van der Waals surface area contributed by atoms with Crippen molar-refractivity contribution in [2.75, 3.05) is 7.11 Å². The van der Waals surface area contributed by atoms with E-state index in [1.807, 2.05) is 0 Å². The molecule has 0 radical (unpaired) electrons. The van der Waals surface area contributed by atoms with Crippen molar-refractivity contribution in [2.24, 2.45) is 0 Å². The molecule has 0 fully saturated rings. The van der Waals surface area contributed by atoms with Gasteiger partial charge >= 0.3 is 29.6 Å². The van der Waals surface area contributed by atoms with Crippen molar-refractivity contribution in [1.82, 2.24) is 0 Å². The number of methoxy groups -OCH3 is 1. The van der Waals surface area contributed by atoms with E-state index < -0.39 is 27.6 Å². The van der Waals surface area contributed by atoms with Gasteiger partial charge in [-0.15, -0.1) is 0 Å². The molecule has 8 heteroatoms. The number of hydrogen-bond acceptors (Lipinski definition) is 6. The van der Waals surface area contributed by atoms with Crippen molar-refractivity contribution in [3.05, 3.63) is 59.7 Å². The molecule has 0 aliphatic carbocycles. The van der Waals surface area contributed by atoms with E-state index in [9.17, 15) is 22.9 Å². The second kappa shape index (κ2) is 8.64. The fourth-order valence-electron chi connectivity index (χ4n) is 2.19. The van der Waals surface area contributed by atoms with Crippen molar-refractivity contribution >= 4 is 15.9 Å². The molecule has 2 aromatic carbocycles. The molecule has 122 valence electrons. The molecule has 2 rings (SSSR count). The third-order valence-electron chi connectivity index (χ3n) is 3.39. The molecule has 24 heavy (non-hydrogen) atoms. The summed E-state index contributed by atoms with van der Waals surface area (Å²) in [5.41, 5.74) is 0.422. The first kappa shape index (κ1) is 20.7. The third kappa shape index (κ3) is 5.06. The summed E-state index contributed by atoms with van der Waals surface area (Å²) in [6.45, 7) is 0. The number of hydrogen-bond donors (Lipinski definition) is 1. The van der Waals surface area contributed by atoms with Crippen LogP contribution in [0.25, 0.3) is 0 Å². The Balaban J connectivity index is 0.00000288. The molecule has 0 aromatic heterocycles. The number of ether oxygens (including phenoxy) is 1. The van der Waals surface area contributed by atoms with Gasteiger partial charge in [-0.05, 0) is 23.8 Å². The SMILES string of the molecule is COc1cc(C(=O)CC(c2ccccc2)S(=O)(=O)[O-])ccc1O.[Na+]. The van der Waals surface area contributed by atoms with Crippen molar-refractivity contribution < 1.29 is 57.2 Å². The fourth-order valence-corrected chi connectivity index (χ4v) is 3.04. The predicted molar refractivity (Wildman–Crippen MR) is 82.5 cm³/mol. The summed E-state index contributed by atoms with van der Waals surface area (Å²) < 4.78 is 39.4. The van der Waals surface area contributed by atoms with E-state index in [-0.39, 0.29) is 52.2 Å². The van der Waals surface area contributed by atoms with Crippen molar-refractivity contribution in [3.63, 3.8) is 0 Å². The van der Waals surface area contributed by atoms with Gasteiger partial charge in [0.25, 0.3) is 0 Å². The van der Waals surface area contributed by atoms with Crippen LogP contribution in [0.1, 0.15) is 27.6 Å². The number of benzene rings is 2. The fraction of sp³-hybridized carbons (Fsp3) is 0.188. The van der Waals surface area contributed by atoms with E-state index in [0.29, 0.717) is 0 Å². The normalized spacial score (nSPS) is 12.1. The van der Waals surface area contributed by atoms with Gasteiger partial charge in [0.05, 0.1) is 12.4 Å². The molecule has 1 N–H and O–H groups in total. The Morgan fingerprint density at radius 1 is 1.21 bits per heavy atom. The van der Waals surface area contributed by atoms with Gasteiger partial charge in [-0.2, -0.15) is 0 Å². The average Bonchev–Trinajstić information content (AvgIpc) is 2.52. The van der Waals surface area contributed by atoms with E-state index in [1.54, 1.807) is 18.2 Å². The standard InChI is InChI=1S/C16H16O6S.Na/c1-22-15-9-12(7-8-13(15)17)14(18)10-16(23(19,20)21)11-5-3-2-4-6-11;/h2-9,16-17H,10H2,1H3,(H,19,20,21);/q;+1/p-1. The van der Waals surface area contributed by atoms with Crippen LogP contribution in [0.5, 0.6) is 11.5 Å². The van der Waals surface area contributed by atoms with Crippen LogP contribution in [0, 0.1) is 0 Å². The molecule has 1 unspecified atom stereocenters. The van der Waals surface area contributed by atoms with Crippen LogP contribution < -0.4 is 34.3 Å². The monoisotopic (exact) mass is 358 g/mol. The summed E-state index contributed by atoms with van der Waals surface area (Å²) >= 11 is 0. The van der Waals surface area contributed by atoms with Crippen molar-refractivity contribution in [2.45, 2.75) is 11.7 Å². The number of rotatable bonds is 6. The Bertz CT molecular complexity index is 805. The van der Waals surface area contributed by atoms with Crippen LogP contribution in [0.2, 0.25) is 0 Å². The number of phenolic OH excluding ortho intramolecular Hbond substituents is 1. The minimum Gasteiger partial charge on any atom is -0.747 e. The number of carbonyl (C=O) groups excluding carboxylic acids is 1. The van der Waals surface area contributed by atoms with Gasteiger partial charge < -0.3 is 14.4 Å². The second-order valence-electron chi connectivity index (χ2n) is 4.91. The van der Waals surface area contributed by atoms with E-state index in [2.05, 4.69) is 0 Å². The van der Waals surface area contributed by atoms with E-state index in [0.717, 1.165) is 0 Å². The molecular weight excluding hydrogens is 343 g/mol. The van der Waals surface area contributed by atoms with E-state index in [1.165, 1.54) is 37.4 Å². The Morgan fingerprint density at radius 2 is 1.83 bits per heavy atom. The number of carbonyl (C=O) groups is 1. The van der Waals surface area contributed by atoms with Crippen LogP contribution in [-0.2, 0) is 10.1 Å². The van der Waals surface area contributed by atoms with Crippen LogP contribution in [0.3, 0.4) is 0 Å². The topological polar surface area (TPSA) is 104 Å². The van der Waals surface area contributed by atoms with Gasteiger partial charge in [0.15, 0.2) is 17.3 Å². The van der Waals surface area contributed by atoms with Crippen LogP contribution in [0.4, 0.5) is 0 Å². The molecular formula is C16H15NaO6S. The maximum atomic E-state index is 12.3. The Labute approximate surface area is 162 Å². The summed E-state index contributed by atoms with van der Waals surface area (Å²) in [5.74, 6) is -0.575. The molecule has 0 spiro atoms. The smallest absolute Gasteiger partial charge is 0.747 e. The van der Waals surface area contributed by atoms with Gasteiger partial charge in [0, 0.05) is 12.0 Å². The predicted octanol–water partition coefficient (Wildman–Crippen LogP) is -0.736. The maximum absolute atomic E-state index is 12.3. The van der Waals surface area contributed by atoms with Crippen LogP contribution in [0.15, 0.2) is 48.5 Å². The minimum absolute atomic E-state index is 0. The van der Waals surface area contributed by atoms with E-state index >= 15 is 0 Å². The molecule has 0 saturated carbocycles. The summed E-state index contributed by atoms with van der Waals surface area (Å²) in [7, 11) is -3.36. The molecule has 2 aromatic rings. The summed E-state index contributed by atoms with van der Waals surface area (Å²) in [6.07, 6.45) is -0.482. The van der Waals surface area contributed by atoms with Crippen LogP contribution in [-0.4, -0.2) is 31.0 Å². The maximum Gasteiger partial charge on any atom is 1.00 e. The Hall–Kier alpha value is -1.38. The summed E-state index contributed by atoms with van der Waals surface area (Å²) in [6, 6.07) is 11.8. The first-order valence-electron chi connectivity index (χ1n) is 6.72. The van der Waals surface area contributed by atoms with Gasteiger partial charge in [0.2, 0.25) is 0 Å². The molecule has 1 atom stereocenters. The zero-order valence-corrected chi connectivity index (χ0v) is 16.1. The van der Waals surface area contributed by atoms with Crippen molar-refractivity contribution in [1.29, 1.82) is 0 Å². The largest absolute Gasteiger partial charge is 1.00 e. The number of Topliss-reactive ketones (excluding diaryl/α,β-unsaturated/α-hetero) is 1. The van der Waals surface area contributed by atoms with Crippen molar-refractivity contribution in [3.8, 4) is 11.5 Å². The molecule has 0 bridgehead atoms. The van der Waals surface area contributed by atoms with Gasteiger partial charge in [-0.3, -0.25) is 4.79 Å². The molecule has 0 aliphatic rings. The molecule has 0 saturated heterocycles. The average molecular weight is 358 g/mol. The summed E-state index contributed by atoms with van der Waals surface area (Å²) in [5, 5.41) is 8.06. The zero-order valence-electron chi connectivity index (χ0n) is 13.3. The second-order valence-corrected chi connectivity index (χ2v) is 6.46. The number of aromatic hydroxyl groups is 1. The van der Waals surface area contributed by atoms with Gasteiger partial charge in [-0.1, -0.05) is 30.3 Å². The Morgan fingerprint density at radius 3 is 2.38 bits per heavy atom.